The molecule has 0 fully saturated rings. The van der Waals surface area contributed by atoms with E-state index in [2.05, 4.69) is 22.9 Å². The second-order valence-electron chi connectivity index (χ2n) is 6.12. The van der Waals surface area contributed by atoms with E-state index in [9.17, 15) is 5.11 Å². The summed E-state index contributed by atoms with van der Waals surface area (Å²) in [4.78, 5) is 0. The lowest BCUT2D eigenvalue weighted by Gasteiger charge is -2.28. The molecular formula is C19H20NO3+. The van der Waals surface area contributed by atoms with Crippen LogP contribution in [-0.2, 0) is 12.8 Å². The van der Waals surface area contributed by atoms with Crippen molar-refractivity contribution < 1.29 is 19.2 Å². The molecule has 0 saturated carbocycles. The predicted molar refractivity (Wildman–Crippen MR) is 88.1 cm³/mol. The Morgan fingerprint density at radius 2 is 1.96 bits per heavy atom. The second-order valence-corrected chi connectivity index (χ2v) is 6.12. The second kappa shape index (κ2) is 5.30. The Morgan fingerprint density at radius 1 is 1.09 bits per heavy atom. The normalized spacial score (nSPS) is 18.3. The van der Waals surface area contributed by atoms with Gasteiger partial charge in [0.15, 0.2) is 23.8 Å². The lowest BCUT2D eigenvalue weighted by atomic mass is 9.86. The van der Waals surface area contributed by atoms with Crippen molar-refractivity contribution in [2.75, 3.05) is 20.8 Å². The minimum atomic E-state index is 0.207. The molecule has 4 nitrogen and oxygen atoms in total. The van der Waals surface area contributed by atoms with Gasteiger partial charge in [0.25, 0.3) is 0 Å². The highest BCUT2D eigenvalue weighted by Gasteiger charge is 2.34. The summed E-state index contributed by atoms with van der Waals surface area (Å²) in [5, 5.41) is 10.1. The number of hydrogen-bond acceptors (Lipinski definition) is 3. The topological polar surface area (TPSA) is 41.7 Å². The lowest BCUT2D eigenvalue weighted by molar-refractivity contribution is -0.573. The van der Waals surface area contributed by atoms with Crippen LogP contribution in [-0.4, -0.2) is 36.7 Å². The number of rotatable bonds is 2. The number of hydrogen-bond donors (Lipinski definition) is 1. The SMILES string of the molecule is COc1ccc2c(c1)CC[N+]1=Cc3cc(OC)c(O)cc3C[C@@H]21. The van der Waals surface area contributed by atoms with Crippen molar-refractivity contribution in [1.29, 1.82) is 0 Å². The van der Waals surface area contributed by atoms with Gasteiger partial charge < -0.3 is 14.6 Å². The van der Waals surface area contributed by atoms with Gasteiger partial charge in [-0.15, -0.1) is 0 Å². The van der Waals surface area contributed by atoms with E-state index in [-0.39, 0.29) is 5.75 Å². The first kappa shape index (κ1) is 14.1. The lowest BCUT2D eigenvalue weighted by Crippen LogP contribution is -2.33. The van der Waals surface area contributed by atoms with Crippen LogP contribution in [0, 0.1) is 0 Å². The zero-order valence-electron chi connectivity index (χ0n) is 13.4. The molecule has 0 bridgehead atoms. The first-order valence-corrected chi connectivity index (χ1v) is 7.87. The van der Waals surface area contributed by atoms with E-state index < -0.39 is 0 Å². The number of aromatic hydroxyl groups is 1. The van der Waals surface area contributed by atoms with Crippen LogP contribution in [0.2, 0.25) is 0 Å². The van der Waals surface area contributed by atoms with Crippen molar-refractivity contribution in [3.8, 4) is 17.2 Å². The largest absolute Gasteiger partial charge is 0.504 e. The van der Waals surface area contributed by atoms with Crippen LogP contribution in [0.15, 0.2) is 30.3 Å². The van der Waals surface area contributed by atoms with Gasteiger partial charge in [0.2, 0.25) is 0 Å². The number of benzene rings is 2. The van der Waals surface area contributed by atoms with Gasteiger partial charge in [-0.3, -0.25) is 0 Å². The molecule has 0 radical (unpaired) electrons. The van der Waals surface area contributed by atoms with Crippen molar-refractivity contribution >= 4 is 6.21 Å². The molecule has 0 aromatic heterocycles. The van der Waals surface area contributed by atoms with Crippen molar-refractivity contribution in [2.45, 2.75) is 18.9 Å². The number of phenols is 1. The molecule has 0 spiro atoms. The number of fused-ring (bicyclic) bond motifs is 4. The maximum atomic E-state index is 10.1. The van der Waals surface area contributed by atoms with Crippen LogP contribution in [0.3, 0.4) is 0 Å². The van der Waals surface area contributed by atoms with Crippen LogP contribution >= 0.6 is 0 Å². The number of methoxy groups -OCH3 is 2. The fourth-order valence-corrected chi connectivity index (χ4v) is 3.69. The fourth-order valence-electron chi connectivity index (χ4n) is 3.69. The molecule has 2 aliphatic heterocycles. The van der Waals surface area contributed by atoms with Gasteiger partial charge in [-0.25, -0.2) is 4.58 Å². The third-order valence-electron chi connectivity index (χ3n) is 4.91. The van der Waals surface area contributed by atoms with Gasteiger partial charge >= 0.3 is 0 Å². The predicted octanol–water partition coefficient (Wildman–Crippen LogP) is 2.69. The molecular weight excluding hydrogens is 290 g/mol. The molecule has 2 aromatic carbocycles. The van der Waals surface area contributed by atoms with E-state index in [0.717, 1.165) is 36.3 Å². The molecule has 4 rings (SSSR count). The van der Waals surface area contributed by atoms with E-state index in [1.807, 2.05) is 18.2 Å². The van der Waals surface area contributed by atoms with E-state index in [4.69, 9.17) is 9.47 Å². The van der Waals surface area contributed by atoms with Gasteiger partial charge in [-0.2, -0.15) is 0 Å². The molecule has 118 valence electrons. The van der Waals surface area contributed by atoms with Gasteiger partial charge in [0.05, 0.1) is 14.2 Å². The molecule has 0 amide bonds. The molecule has 1 N–H and O–H groups in total. The molecule has 2 aliphatic rings. The minimum Gasteiger partial charge on any atom is -0.504 e. The van der Waals surface area contributed by atoms with Gasteiger partial charge in [0, 0.05) is 24.0 Å². The minimum absolute atomic E-state index is 0.207. The number of phenolic OH excluding ortho intramolecular Hbond substituents is 1. The zero-order chi connectivity index (χ0) is 16.0. The van der Waals surface area contributed by atoms with Crippen molar-refractivity contribution in [3.63, 3.8) is 0 Å². The number of ether oxygens (including phenoxy) is 2. The summed E-state index contributed by atoms with van der Waals surface area (Å²) in [6.07, 6.45) is 4.10. The Hall–Kier alpha value is -2.49. The van der Waals surface area contributed by atoms with Crippen LogP contribution in [0.5, 0.6) is 17.2 Å². The quantitative estimate of drug-likeness (QED) is 0.867. The monoisotopic (exact) mass is 310 g/mol. The molecule has 0 unspecified atom stereocenters. The molecule has 1 atom stereocenters. The Labute approximate surface area is 135 Å². The molecule has 0 saturated heterocycles. The first-order chi connectivity index (χ1) is 11.2. The third-order valence-corrected chi connectivity index (χ3v) is 4.91. The van der Waals surface area contributed by atoms with Crippen LogP contribution in [0.25, 0.3) is 0 Å². The molecule has 0 aliphatic carbocycles. The average molecular weight is 310 g/mol. The third kappa shape index (κ3) is 2.25. The fraction of sp³-hybridized carbons (Fsp3) is 0.316. The maximum Gasteiger partial charge on any atom is 0.182 e. The van der Waals surface area contributed by atoms with E-state index in [1.54, 1.807) is 14.2 Å². The van der Waals surface area contributed by atoms with Crippen LogP contribution in [0.4, 0.5) is 0 Å². The van der Waals surface area contributed by atoms with Gasteiger partial charge in [0.1, 0.15) is 12.3 Å². The highest BCUT2D eigenvalue weighted by atomic mass is 16.5. The first-order valence-electron chi connectivity index (χ1n) is 7.87. The summed E-state index contributed by atoms with van der Waals surface area (Å²) in [6, 6.07) is 10.4. The molecule has 4 heteroatoms. The molecule has 2 aromatic rings. The van der Waals surface area contributed by atoms with Crippen molar-refractivity contribution in [1.82, 2.24) is 0 Å². The number of nitrogens with zero attached hydrogens (tertiary/aromatic N) is 1. The highest BCUT2D eigenvalue weighted by molar-refractivity contribution is 5.81. The standard InChI is InChI=1S/C19H19NO3/c1-22-15-3-4-16-12(7-15)5-6-20-11-14-10-19(23-2)18(21)9-13(14)8-17(16)20/h3-4,7,9-11,17H,5-6,8H2,1-2H3/p+1/t17-/m0/s1. The Morgan fingerprint density at radius 3 is 2.74 bits per heavy atom. The summed E-state index contributed by atoms with van der Waals surface area (Å²) in [5.41, 5.74) is 5.01. The molecule has 23 heavy (non-hydrogen) atoms. The molecule has 2 heterocycles. The van der Waals surface area contributed by atoms with Crippen molar-refractivity contribution in [2.24, 2.45) is 0 Å². The average Bonchev–Trinajstić information content (AvgIpc) is 2.59. The Kier molecular flexibility index (Phi) is 3.26. The van der Waals surface area contributed by atoms with Gasteiger partial charge in [-0.1, -0.05) is 0 Å². The van der Waals surface area contributed by atoms with E-state index >= 15 is 0 Å². The van der Waals surface area contributed by atoms with Gasteiger partial charge in [-0.05, 0) is 41.5 Å². The summed E-state index contributed by atoms with van der Waals surface area (Å²) in [6.45, 7) is 0.994. The Bertz CT molecular complexity index is 811. The summed E-state index contributed by atoms with van der Waals surface area (Å²) in [5.74, 6) is 1.65. The Balaban J connectivity index is 1.78. The smallest absolute Gasteiger partial charge is 0.182 e. The maximum absolute atomic E-state index is 10.1. The zero-order valence-corrected chi connectivity index (χ0v) is 13.4. The van der Waals surface area contributed by atoms with Crippen molar-refractivity contribution in [3.05, 3.63) is 52.6 Å². The van der Waals surface area contributed by atoms with Crippen LogP contribution < -0.4 is 9.47 Å². The summed E-state index contributed by atoms with van der Waals surface area (Å²) >= 11 is 0. The summed E-state index contributed by atoms with van der Waals surface area (Å²) < 4.78 is 13.0. The highest BCUT2D eigenvalue weighted by Crippen LogP contribution is 2.37. The van der Waals surface area contributed by atoms with E-state index in [1.165, 1.54) is 11.1 Å². The summed E-state index contributed by atoms with van der Waals surface area (Å²) in [7, 11) is 3.29. The van der Waals surface area contributed by atoms with E-state index in [0.29, 0.717) is 11.8 Å². The van der Waals surface area contributed by atoms with Crippen LogP contribution in [0.1, 0.15) is 28.3 Å².